The van der Waals surface area contributed by atoms with Gasteiger partial charge in [0, 0.05) is 25.5 Å². The molecule has 3 heterocycles. The van der Waals surface area contributed by atoms with Gasteiger partial charge in [0.2, 0.25) is 17.6 Å². The molecule has 2 aromatic heterocycles. The van der Waals surface area contributed by atoms with Gasteiger partial charge in [-0.15, -0.1) is 0 Å². The van der Waals surface area contributed by atoms with Crippen LogP contribution in [-0.2, 0) is 11.3 Å². The number of ether oxygens (including phenoxy) is 1. The first-order chi connectivity index (χ1) is 12.2. The van der Waals surface area contributed by atoms with Crippen LogP contribution < -0.4 is 4.74 Å². The first kappa shape index (κ1) is 15.4. The fourth-order valence-electron chi connectivity index (χ4n) is 2.81. The first-order valence-corrected chi connectivity index (χ1v) is 7.97. The van der Waals surface area contributed by atoms with Crippen molar-refractivity contribution in [3.8, 4) is 17.1 Å². The van der Waals surface area contributed by atoms with Crippen molar-refractivity contribution in [1.29, 1.82) is 0 Å². The number of carbonyl (C=O) groups is 1. The van der Waals surface area contributed by atoms with E-state index in [-0.39, 0.29) is 18.4 Å². The van der Waals surface area contributed by atoms with Crippen LogP contribution >= 0.6 is 0 Å². The lowest BCUT2D eigenvalue weighted by Crippen LogP contribution is -2.49. The molecule has 0 radical (unpaired) electrons. The topological polar surface area (TPSA) is 86.3 Å². The van der Waals surface area contributed by atoms with E-state index in [1.807, 2.05) is 24.3 Å². The number of benzene rings is 1. The number of likely N-dealkylation sites (tertiary alicyclic amines) is 1. The number of methoxy groups -OCH3 is 1. The molecule has 8 heteroatoms. The van der Waals surface area contributed by atoms with Crippen LogP contribution in [-0.4, -0.2) is 50.9 Å². The molecule has 0 atom stereocenters. The van der Waals surface area contributed by atoms with Gasteiger partial charge in [0.15, 0.2) is 0 Å². The second-order valence-electron chi connectivity index (χ2n) is 5.86. The summed E-state index contributed by atoms with van der Waals surface area (Å²) in [6, 6.07) is 9.31. The smallest absolute Gasteiger partial charge is 0.244 e. The van der Waals surface area contributed by atoms with Crippen molar-refractivity contribution >= 4 is 5.91 Å². The van der Waals surface area contributed by atoms with E-state index in [2.05, 4.69) is 15.2 Å². The van der Waals surface area contributed by atoms with Gasteiger partial charge in [0.1, 0.15) is 12.3 Å². The van der Waals surface area contributed by atoms with Gasteiger partial charge in [-0.2, -0.15) is 10.1 Å². The molecule has 0 aliphatic carbocycles. The molecule has 1 amide bonds. The maximum atomic E-state index is 12.2. The first-order valence-electron chi connectivity index (χ1n) is 7.97. The highest BCUT2D eigenvalue weighted by Crippen LogP contribution is 2.31. The van der Waals surface area contributed by atoms with Crippen LogP contribution in [0.2, 0.25) is 0 Å². The van der Waals surface area contributed by atoms with E-state index in [9.17, 15) is 4.79 Å². The number of hydrogen-bond donors (Lipinski definition) is 0. The van der Waals surface area contributed by atoms with Gasteiger partial charge < -0.3 is 14.2 Å². The summed E-state index contributed by atoms with van der Waals surface area (Å²) in [4.78, 5) is 18.4. The average Bonchev–Trinajstić information content (AvgIpc) is 3.25. The molecule has 0 unspecified atom stereocenters. The molecule has 0 N–H and O–H groups in total. The van der Waals surface area contributed by atoms with Crippen LogP contribution in [0.5, 0.6) is 5.75 Å². The van der Waals surface area contributed by atoms with Crippen molar-refractivity contribution in [2.24, 2.45) is 0 Å². The van der Waals surface area contributed by atoms with E-state index in [4.69, 9.17) is 9.26 Å². The molecule has 1 fully saturated rings. The standard InChI is InChI=1S/C17H17N5O3/c1-24-14-6-3-2-5-13(14)16-19-17(25-20-16)12-9-21(10-12)15(23)11-22-8-4-7-18-22/h2-8,12H,9-11H2,1H3. The minimum atomic E-state index is 0.0319. The lowest BCUT2D eigenvalue weighted by atomic mass is 10.00. The van der Waals surface area contributed by atoms with Crippen LogP contribution in [0, 0.1) is 0 Å². The predicted molar refractivity (Wildman–Crippen MR) is 87.8 cm³/mol. The van der Waals surface area contributed by atoms with Crippen LogP contribution in [0.4, 0.5) is 0 Å². The zero-order chi connectivity index (χ0) is 17.2. The number of carbonyl (C=O) groups excluding carboxylic acids is 1. The summed E-state index contributed by atoms with van der Waals surface area (Å²) in [5, 5.41) is 8.09. The third-order valence-corrected chi connectivity index (χ3v) is 4.23. The fraction of sp³-hybridized carbons (Fsp3) is 0.294. The summed E-state index contributed by atoms with van der Waals surface area (Å²) in [5.41, 5.74) is 0.783. The molecule has 1 aromatic carbocycles. The second kappa shape index (κ2) is 6.39. The number of rotatable bonds is 5. The summed E-state index contributed by atoms with van der Waals surface area (Å²) in [5.74, 6) is 1.83. The van der Waals surface area contributed by atoms with E-state index in [1.165, 1.54) is 0 Å². The molecule has 0 spiro atoms. The minimum Gasteiger partial charge on any atom is -0.496 e. The molecule has 4 rings (SSSR count). The molecular weight excluding hydrogens is 322 g/mol. The molecule has 0 bridgehead atoms. The van der Waals surface area contributed by atoms with E-state index in [0.717, 1.165) is 5.56 Å². The summed E-state index contributed by atoms with van der Waals surface area (Å²) in [6.07, 6.45) is 3.43. The Balaban J connectivity index is 1.40. The van der Waals surface area contributed by atoms with Crippen LogP contribution in [0.25, 0.3) is 11.4 Å². The molecule has 0 saturated carbocycles. The van der Waals surface area contributed by atoms with Gasteiger partial charge in [0.05, 0.1) is 18.6 Å². The van der Waals surface area contributed by atoms with Crippen molar-refractivity contribution in [3.05, 3.63) is 48.6 Å². The van der Waals surface area contributed by atoms with Gasteiger partial charge in [-0.25, -0.2) is 0 Å². The van der Waals surface area contributed by atoms with Gasteiger partial charge in [-0.05, 0) is 18.2 Å². The maximum Gasteiger partial charge on any atom is 0.244 e. The molecule has 3 aromatic rings. The van der Waals surface area contributed by atoms with Gasteiger partial charge in [0.25, 0.3) is 0 Å². The van der Waals surface area contributed by atoms with E-state index in [1.54, 1.807) is 35.2 Å². The summed E-state index contributed by atoms with van der Waals surface area (Å²) in [6.45, 7) is 1.40. The Hall–Kier alpha value is -3.16. The summed E-state index contributed by atoms with van der Waals surface area (Å²) in [7, 11) is 1.61. The normalized spacial score (nSPS) is 14.4. The van der Waals surface area contributed by atoms with Crippen LogP contribution in [0.1, 0.15) is 11.8 Å². The highest BCUT2D eigenvalue weighted by atomic mass is 16.5. The average molecular weight is 339 g/mol. The number of nitrogens with zero attached hydrogens (tertiary/aromatic N) is 5. The minimum absolute atomic E-state index is 0.0319. The molecule has 1 saturated heterocycles. The molecule has 25 heavy (non-hydrogen) atoms. The zero-order valence-electron chi connectivity index (χ0n) is 13.7. The van der Waals surface area contributed by atoms with Crippen LogP contribution in [0.15, 0.2) is 47.2 Å². The Morgan fingerprint density at radius 1 is 1.32 bits per heavy atom. The monoisotopic (exact) mass is 339 g/mol. The number of para-hydroxylation sites is 1. The molecule has 1 aliphatic heterocycles. The van der Waals surface area contributed by atoms with Crippen molar-refractivity contribution in [3.63, 3.8) is 0 Å². The van der Waals surface area contributed by atoms with Crippen molar-refractivity contribution < 1.29 is 14.1 Å². The molecular formula is C17H17N5O3. The number of hydrogen-bond acceptors (Lipinski definition) is 6. The van der Waals surface area contributed by atoms with E-state index in [0.29, 0.717) is 30.6 Å². The highest BCUT2D eigenvalue weighted by molar-refractivity contribution is 5.77. The van der Waals surface area contributed by atoms with Gasteiger partial charge >= 0.3 is 0 Å². The highest BCUT2D eigenvalue weighted by Gasteiger charge is 2.35. The second-order valence-corrected chi connectivity index (χ2v) is 5.86. The Kier molecular flexibility index (Phi) is 3.93. The lowest BCUT2D eigenvalue weighted by Gasteiger charge is -2.37. The Labute approximate surface area is 144 Å². The lowest BCUT2D eigenvalue weighted by molar-refractivity contribution is -0.136. The molecule has 1 aliphatic rings. The number of aromatic nitrogens is 4. The Morgan fingerprint density at radius 3 is 2.92 bits per heavy atom. The molecule has 128 valence electrons. The fourth-order valence-corrected chi connectivity index (χ4v) is 2.81. The van der Waals surface area contributed by atoms with Crippen molar-refractivity contribution in [2.75, 3.05) is 20.2 Å². The SMILES string of the molecule is COc1ccccc1-c1noc(C2CN(C(=O)Cn3cccn3)C2)n1. The largest absolute Gasteiger partial charge is 0.496 e. The predicted octanol–water partition coefficient (Wildman–Crippen LogP) is 1.57. The van der Waals surface area contributed by atoms with Crippen molar-refractivity contribution in [2.45, 2.75) is 12.5 Å². The number of amides is 1. The van der Waals surface area contributed by atoms with Gasteiger partial charge in [-0.1, -0.05) is 17.3 Å². The maximum absolute atomic E-state index is 12.2. The Morgan fingerprint density at radius 2 is 2.16 bits per heavy atom. The Bertz CT molecular complexity index is 868. The van der Waals surface area contributed by atoms with E-state index < -0.39 is 0 Å². The third kappa shape index (κ3) is 2.98. The van der Waals surface area contributed by atoms with Crippen LogP contribution in [0.3, 0.4) is 0 Å². The zero-order valence-corrected chi connectivity index (χ0v) is 13.7. The van der Waals surface area contributed by atoms with Crippen molar-refractivity contribution in [1.82, 2.24) is 24.8 Å². The third-order valence-electron chi connectivity index (χ3n) is 4.23. The summed E-state index contributed by atoms with van der Waals surface area (Å²) >= 11 is 0. The summed E-state index contributed by atoms with van der Waals surface area (Å²) < 4.78 is 12.3. The molecule has 8 nitrogen and oxygen atoms in total. The van der Waals surface area contributed by atoms with E-state index >= 15 is 0 Å². The van der Waals surface area contributed by atoms with Gasteiger partial charge in [-0.3, -0.25) is 9.48 Å². The quantitative estimate of drug-likeness (QED) is 0.701.